The standard InChI is InChI=1S/C11H10.C10H8O/c1-9-5-4-7-10-6-2-3-8-11(9)10;11-10-7-3-5-8-4-1-2-6-9(8)10/h2-8H,1H3;1-7,11H. The van der Waals surface area contributed by atoms with E-state index in [1.807, 2.05) is 36.4 Å². The van der Waals surface area contributed by atoms with Crippen LogP contribution in [-0.2, 0) is 0 Å². The zero-order valence-electron chi connectivity index (χ0n) is 12.5. The number of hydrogen-bond acceptors (Lipinski definition) is 1. The Morgan fingerprint density at radius 1 is 0.545 bits per heavy atom. The molecule has 0 fully saturated rings. The molecule has 0 unspecified atom stereocenters. The molecule has 4 rings (SSSR count). The van der Waals surface area contributed by atoms with Crippen LogP contribution in [0.3, 0.4) is 0 Å². The lowest BCUT2D eigenvalue weighted by atomic mass is 10.1. The molecule has 0 aliphatic carbocycles. The summed E-state index contributed by atoms with van der Waals surface area (Å²) in [6.45, 7) is 2.14. The van der Waals surface area contributed by atoms with Crippen molar-refractivity contribution in [2.24, 2.45) is 0 Å². The van der Waals surface area contributed by atoms with Gasteiger partial charge in [-0.3, -0.25) is 0 Å². The van der Waals surface area contributed by atoms with Crippen molar-refractivity contribution in [2.45, 2.75) is 6.92 Å². The Balaban J connectivity index is 0.000000131. The first-order valence-electron chi connectivity index (χ1n) is 7.37. The monoisotopic (exact) mass is 286 g/mol. The van der Waals surface area contributed by atoms with Crippen LogP contribution in [0.15, 0.2) is 84.9 Å². The van der Waals surface area contributed by atoms with E-state index in [2.05, 4.69) is 49.4 Å². The predicted octanol–water partition coefficient (Wildman–Crippen LogP) is 5.69. The zero-order valence-corrected chi connectivity index (χ0v) is 12.5. The Bertz CT molecular complexity index is 822. The second-order valence-electron chi connectivity index (χ2n) is 5.29. The summed E-state index contributed by atoms with van der Waals surface area (Å²) in [6.07, 6.45) is 0. The molecule has 108 valence electrons. The van der Waals surface area contributed by atoms with Crippen LogP contribution in [0.5, 0.6) is 5.75 Å². The molecular weight excluding hydrogens is 268 g/mol. The van der Waals surface area contributed by atoms with Crippen molar-refractivity contribution in [1.29, 1.82) is 0 Å². The summed E-state index contributed by atoms with van der Waals surface area (Å²) >= 11 is 0. The third-order valence-electron chi connectivity index (χ3n) is 3.77. The molecule has 0 saturated carbocycles. The van der Waals surface area contributed by atoms with E-state index in [4.69, 9.17) is 0 Å². The van der Waals surface area contributed by atoms with Gasteiger partial charge in [-0.15, -0.1) is 0 Å². The molecule has 0 heterocycles. The van der Waals surface area contributed by atoms with E-state index >= 15 is 0 Å². The number of aromatic hydroxyl groups is 1. The second kappa shape index (κ2) is 6.31. The van der Waals surface area contributed by atoms with Crippen molar-refractivity contribution in [3.63, 3.8) is 0 Å². The lowest BCUT2D eigenvalue weighted by Crippen LogP contribution is -1.75. The SMILES string of the molecule is Cc1cccc2ccccc12.Oc1cccc2ccccc12. The maximum Gasteiger partial charge on any atom is 0.123 e. The maximum atomic E-state index is 9.37. The maximum absolute atomic E-state index is 9.37. The number of rotatable bonds is 0. The van der Waals surface area contributed by atoms with Gasteiger partial charge in [0.15, 0.2) is 0 Å². The third-order valence-corrected chi connectivity index (χ3v) is 3.77. The molecular formula is C21H18O. The van der Waals surface area contributed by atoms with Crippen molar-refractivity contribution < 1.29 is 5.11 Å². The molecule has 0 aliphatic rings. The van der Waals surface area contributed by atoms with E-state index in [1.165, 1.54) is 16.3 Å². The van der Waals surface area contributed by atoms with Gasteiger partial charge < -0.3 is 5.11 Å². The number of phenolic OH excluding ortho intramolecular Hbond substituents is 1. The smallest absolute Gasteiger partial charge is 0.123 e. The van der Waals surface area contributed by atoms with Crippen molar-refractivity contribution in [1.82, 2.24) is 0 Å². The van der Waals surface area contributed by atoms with Gasteiger partial charge in [-0.25, -0.2) is 0 Å². The fraction of sp³-hybridized carbons (Fsp3) is 0.0476. The van der Waals surface area contributed by atoms with E-state index < -0.39 is 0 Å². The Kier molecular flexibility index (Phi) is 4.06. The molecule has 0 bridgehead atoms. The molecule has 1 heteroatoms. The highest BCUT2D eigenvalue weighted by Crippen LogP contribution is 2.23. The predicted molar refractivity (Wildman–Crippen MR) is 94.3 cm³/mol. The molecule has 0 spiro atoms. The lowest BCUT2D eigenvalue weighted by molar-refractivity contribution is 0.481. The topological polar surface area (TPSA) is 20.2 Å². The van der Waals surface area contributed by atoms with E-state index in [1.54, 1.807) is 6.07 Å². The van der Waals surface area contributed by atoms with Crippen LogP contribution < -0.4 is 0 Å². The molecule has 1 N–H and O–H groups in total. The fourth-order valence-electron chi connectivity index (χ4n) is 2.60. The summed E-state index contributed by atoms with van der Waals surface area (Å²) in [5.41, 5.74) is 1.35. The highest BCUT2D eigenvalue weighted by atomic mass is 16.3. The van der Waals surface area contributed by atoms with Gasteiger partial charge in [0.2, 0.25) is 0 Å². The molecule has 1 nitrogen and oxygen atoms in total. The fourth-order valence-corrected chi connectivity index (χ4v) is 2.60. The van der Waals surface area contributed by atoms with Crippen molar-refractivity contribution in [3.8, 4) is 5.75 Å². The molecule has 4 aromatic carbocycles. The largest absolute Gasteiger partial charge is 0.507 e. The van der Waals surface area contributed by atoms with Crippen LogP contribution in [0.25, 0.3) is 21.5 Å². The van der Waals surface area contributed by atoms with E-state index in [0.29, 0.717) is 5.75 Å². The van der Waals surface area contributed by atoms with Gasteiger partial charge in [-0.05, 0) is 34.7 Å². The zero-order chi connectivity index (χ0) is 15.4. The summed E-state index contributed by atoms with van der Waals surface area (Å²) < 4.78 is 0. The molecule has 0 aliphatic heterocycles. The molecule has 0 radical (unpaired) electrons. The van der Waals surface area contributed by atoms with Gasteiger partial charge in [-0.1, -0.05) is 78.9 Å². The summed E-state index contributed by atoms with van der Waals surface area (Å²) in [5.74, 6) is 0.350. The first-order chi connectivity index (χ1) is 10.8. The van der Waals surface area contributed by atoms with Crippen molar-refractivity contribution in [3.05, 3.63) is 90.5 Å². The van der Waals surface area contributed by atoms with Gasteiger partial charge in [0.1, 0.15) is 5.75 Å². The molecule has 0 amide bonds. The van der Waals surface area contributed by atoms with Crippen LogP contribution in [0.1, 0.15) is 5.56 Å². The van der Waals surface area contributed by atoms with Crippen molar-refractivity contribution >= 4 is 21.5 Å². The molecule has 0 atom stereocenters. The quantitative estimate of drug-likeness (QED) is 0.440. The number of hydrogen-bond donors (Lipinski definition) is 1. The number of phenols is 1. The van der Waals surface area contributed by atoms with Gasteiger partial charge in [-0.2, -0.15) is 0 Å². The van der Waals surface area contributed by atoms with Crippen molar-refractivity contribution in [2.75, 3.05) is 0 Å². The summed E-state index contributed by atoms with van der Waals surface area (Å²) in [7, 11) is 0. The normalized spacial score (nSPS) is 10.2. The van der Waals surface area contributed by atoms with E-state index in [9.17, 15) is 5.11 Å². The number of fused-ring (bicyclic) bond motifs is 2. The molecule has 0 aromatic heterocycles. The van der Waals surface area contributed by atoms with Crippen LogP contribution in [-0.4, -0.2) is 5.11 Å². The van der Waals surface area contributed by atoms with Gasteiger partial charge in [0.05, 0.1) is 0 Å². The Hall–Kier alpha value is -2.80. The van der Waals surface area contributed by atoms with Gasteiger partial charge >= 0.3 is 0 Å². The van der Waals surface area contributed by atoms with E-state index in [0.717, 1.165) is 10.8 Å². The van der Waals surface area contributed by atoms with Crippen LogP contribution in [0.2, 0.25) is 0 Å². The van der Waals surface area contributed by atoms with Crippen LogP contribution in [0.4, 0.5) is 0 Å². The molecule has 0 saturated heterocycles. The number of aryl methyl sites for hydroxylation is 1. The van der Waals surface area contributed by atoms with E-state index in [-0.39, 0.29) is 0 Å². The molecule has 4 aromatic rings. The minimum Gasteiger partial charge on any atom is -0.507 e. The van der Waals surface area contributed by atoms with Gasteiger partial charge in [0, 0.05) is 5.39 Å². The Labute approximate surface area is 130 Å². The van der Waals surface area contributed by atoms with Crippen LogP contribution >= 0.6 is 0 Å². The number of benzene rings is 4. The minimum absolute atomic E-state index is 0.350. The van der Waals surface area contributed by atoms with Crippen LogP contribution in [0, 0.1) is 6.92 Å². The lowest BCUT2D eigenvalue weighted by Gasteiger charge is -1.98. The average Bonchev–Trinajstić information content (AvgIpc) is 2.57. The van der Waals surface area contributed by atoms with Gasteiger partial charge in [0.25, 0.3) is 0 Å². The summed E-state index contributed by atoms with van der Waals surface area (Å²) in [5, 5.41) is 14.0. The Morgan fingerprint density at radius 3 is 1.68 bits per heavy atom. The second-order valence-corrected chi connectivity index (χ2v) is 5.29. The minimum atomic E-state index is 0.350. The highest BCUT2D eigenvalue weighted by Gasteiger charge is 1.94. The highest BCUT2D eigenvalue weighted by molar-refractivity contribution is 5.87. The molecule has 22 heavy (non-hydrogen) atoms. The third kappa shape index (κ3) is 2.94. The first kappa shape index (κ1) is 14.2. The summed E-state index contributed by atoms with van der Waals surface area (Å²) in [6, 6.07) is 28.1. The average molecular weight is 286 g/mol. The summed E-state index contributed by atoms with van der Waals surface area (Å²) in [4.78, 5) is 0. The first-order valence-corrected chi connectivity index (χ1v) is 7.37. The Morgan fingerprint density at radius 2 is 1.05 bits per heavy atom.